The second-order valence-electron chi connectivity index (χ2n) is 16.7. The van der Waals surface area contributed by atoms with Crippen LogP contribution in [0.1, 0.15) is 22.3 Å². The first kappa shape index (κ1) is 36.3. The zero-order chi connectivity index (χ0) is 42.2. The highest BCUT2D eigenvalue weighted by molar-refractivity contribution is 6.10. The molecular weight excluding hydrogens is 779 g/mol. The fourth-order valence-corrected chi connectivity index (χ4v) is 10.6. The third-order valence-electron chi connectivity index (χ3n) is 13.4. The van der Waals surface area contributed by atoms with E-state index in [4.69, 9.17) is 8.83 Å². The topological polar surface area (TPSA) is 29.5 Å². The average molecular weight is 818 g/mol. The van der Waals surface area contributed by atoms with Crippen molar-refractivity contribution in [2.24, 2.45) is 0 Å². The smallest absolute Gasteiger partial charge is 0.143 e. The molecule has 0 spiro atoms. The lowest BCUT2D eigenvalue weighted by Crippen LogP contribution is -2.28. The monoisotopic (exact) mass is 817 g/mol. The minimum Gasteiger partial charge on any atom is -0.456 e. The quantitative estimate of drug-likeness (QED) is 0.160. The summed E-state index contributed by atoms with van der Waals surface area (Å²) in [5.41, 5.74) is 18.3. The van der Waals surface area contributed by atoms with Gasteiger partial charge in [-0.3, -0.25) is 0 Å². The Morgan fingerprint density at radius 1 is 0.328 bits per heavy atom. The summed E-state index contributed by atoms with van der Waals surface area (Å²) in [7, 11) is 0. The van der Waals surface area contributed by atoms with Crippen molar-refractivity contribution in [1.29, 1.82) is 0 Å². The molecule has 10 aromatic carbocycles. The molecule has 64 heavy (non-hydrogen) atoms. The molecule has 13 rings (SSSR count). The molecular formula is C61H39NO2. The molecule has 1 aliphatic rings. The van der Waals surface area contributed by atoms with E-state index in [2.05, 4.69) is 217 Å². The van der Waals surface area contributed by atoms with Gasteiger partial charge >= 0.3 is 0 Å². The lowest BCUT2D eigenvalue weighted by Gasteiger charge is -2.34. The van der Waals surface area contributed by atoms with Crippen LogP contribution in [-0.2, 0) is 5.41 Å². The lowest BCUT2D eigenvalue weighted by atomic mass is 9.68. The number of para-hydroxylation sites is 3. The molecule has 1 aliphatic carbocycles. The van der Waals surface area contributed by atoms with E-state index in [1.807, 2.05) is 24.3 Å². The van der Waals surface area contributed by atoms with E-state index in [0.29, 0.717) is 0 Å². The van der Waals surface area contributed by atoms with E-state index in [-0.39, 0.29) is 0 Å². The maximum Gasteiger partial charge on any atom is 0.143 e. The summed E-state index contributed by atoms with van der Waals surface area (Å²) in [6.45, 7) is 0. The lowest BCUT2D eigenvalue weighted by molar-refractivity contribution is 0.669. The molecule has 0 amide bonds. The summed E-state index contributed by atoms with van der Waals surface area (Å²) in [5, 5.41) is 4.50. The predicted octanol–water partition coefficient (Wildman–Crippen LogP) is 16.7. The van der Waals surface area contributed by atoms with Crippen LogP contribution >= 0.6 is 0 Å². The molecule has 2 aromatic heterocycles. The van der Waals surface area contributed by atoms with E-state index in [0.717, 1.165) is 83.2 Å². The molecule has 12 aromatic rings. The van der Waals surface area contributed by atoms with Crippen LogP contribution in [0.2, 0.25) is 0 Å². The minimum absolute atomic E-state index is 0.523. The van der Waals surface area contributed by atoms with Crippen molar-refractivity contribution in [3.05, 3.63) is 259 Å². The van der Waals surface area contributed by atoms with Crippen LogP contribution < -0.4 is 4.90 Å². The number of nitrogens with zero attached hydrogens (tertiary/aromatic N) is 1. The normalized spacial score (nSPS) is 12.8. The number of anilines is 3. The fourth-order valence-electron chi connectivity index (χ4n) is 10.6. The molecule has 300 valence electrons. The van der Waals surface area contributed by atoms with E-state index >= 15 is 0 Å². The van der Waals surface area contributed by atoms with Gasteiger partial charge in [-0.15, -0.1) is 0 Å². The highest BCUT2D eigenvalue weighted by atomic mass is 16.3. The van der Waals surface area contributed by atoms with Crippen molar-refractivity contribution in [1.82, 2.24) is 0 Å². The number of hydrogen-bond acceptors (Lipinski definition) is 3. The van der Waals surface area contributed by atoms with E-state index in [9.17, 15) is 0 Å². The first-order chi connectivity index (χ1) is 31.7. The van der Waals surface area contributed by atoms with Crippen molar-refractivity contribution < 1.29 is 8.83 Å². The second kappa shape index (κ2) is 14.3. The Kier molecular flexibility index (Phi) is 8.13. The number of furan rings is 2. The maximum absolute atomic E-state index is 6.50. The van der Waals surface area contributed by atoms with Gasteiger partial charge in [0.2, 0.25) is 0 Å². The van der Waals surface area contributed by atoms with Gasteiger partial charge in [-0.2, -0.15) is 0 Å². The summed E-state index contributed by atoms with van der Waals surface area (Å²) in [6.07, 6.45) is 0. The first-order valence-electron chi connectivity index (χ1n) is 21.9. The molecule has 0 fully saturated rings. The molecule has 0 radical (unpaired) electrons. The van der Waals surface area contributed by atoms with Crippen molar-refractivity contribution in [2.75, 3.05) is 4.90 Å². The molecule has 0 saturated carbocycles. The van der Waals surface area contributed by atoms with E-state index in [1.54, 1.807) is 0 Å². The van der Waals surface area contributed by atoms with Crippen LogP contribution in [0.3, 0.4) is 0 Å². The number of rotatable bonds is 7. The van der Waals surface area contributed by atoms with Gasteiger partial charge in [-0.05, 0) is 99.1 Å². The van der Waals surface area contributed by atoms with Crippen LogP contribution in [0.15, 0.2) is 245 Å². The standard InChI is InChI=1S/C61H39NO2/c1-3-15-43(16-4-1)61(44-17-5-2-6-18-44)53-24-10-7-21-51(53)59-54(61)25-14-26-55(59)62(45-34-29-40(30-35-45)42-33-38-58-52(39-42)49-20-9-11-27-56(49)63-58)46-36-31-41(32-37-46)47-22-13-23-50-48-19-8-12-28-57(48)64-60(47)50/h1-39H. The Bertz CT molecular complexity index is 3670. The Labute approximate surface area is 370 Å². The molecule has 0 saturated heterocycles. The third kappa shape index (κ3) is 5.41. The van der Waals surface area contributed by atoms with Gasteiger partial charge in [-0.1, -0.05) is 182 Å². The highest BCUT2D eigenvalue weighted by Gasteiger charge is 2.47. The summed E-state index contributed by atoms with van der Waals surface area (Å²) < 4.78 is 12.7. The Balaban J connectivity index is 1.01. The van der Waals surface area contributed by atoms with Gasteiger partial charge in [-0.25, -0.2) is 0 Å². The van der Waals surface area contributed by atoms with Crippen LogP contribution in [0.25, 0.3) is 77.3 Å². The van der Waals surface area contributed by atoms with Gasteiger partial charge in [0, 0.05) is 44.0 Å². The van der Waals surface area contributed by atoms with Gasteiger partial charge < -0.3 is 13.7 Å². The molecule has 3 nitrogen and oxygen atoms in total. The van der Waals surface area contributed by atoms with Crippen LogP contribution in [-0.4, -0.2) is 0 Å². The van der Waals surface area contributed by atoms with Gasteiger partial charge in [0.15, 0.2) is 0 Å². The molecule has 3 heteroatoms. The summed E-state index contributed by atoms with van der Waals surface area (Å²) in [4.78, 5) is 2.43. The summed E-state index contributed by atoms with van der Waals surface area (Å²) in [5.74, 6) is 0. The third-order valence-corrected chi connectivity index (χ3v) is 13.4. The molecule has 2 heterocycles. The molecule has 0 aliphatic heterocycles. The molecule has 0 N–H and O–H groups in total. The molecule has 0 atom stereocenters. The van der Waals surface area contributed by atoms with Gasteiger partial charge in [0.05, 0.1) is 11.1 Å². The highest BCUT2D eigenvalue weighted by Crippen LogP contribution is 2.59. The SMILES string of the molecule is c1ccc(C2(c3ccccc3)c3ccccc3-c3c(N(c4ccc(-c5ccc6oc7ccccc7c6c5)cc4)c4ccc(-c5cccc6c5oc5ccccc56)cc4)cccc32)cc1. The Morgan fingerprint density at radius 2 is 0.844 bits per heavy atom. The van der Waals surface area contributed by atoms with Crippen molar-refractivity contribution in [3.63, 3.8) is 0 Å². The Morgan fingerprint density at radius 3 is 1.56 bits per heavy atom. The zero-order valence-electron chi connectivity index (χ0n) is 34.8. The fraction of sp³-hybridized carbons (Fsp3) is 0.0164. The average Bonchev–Trinajstić information content (AvgIpc) is 4.04. The molecule has 0 bridgehead atoms. The Hall–Kier alpha value is -8.40. The van der Waals surface area contributed by atoms with Crippen LogP contribution in [0.5, 0.6) is 0 Å². The van der Waals surface area contributed by atoms with Crippen molar-refractivity contribution in [3.8, 4) is 33.4 Å². The van der Waals surface area contributed by atoms with Gasteiger partial charge in [0.25, 0.3) is 0 Å². The largest absolute Gasteiger partial charge is 0.456 e. The zero-order valence-corrected chi connectivity index (χ0v) is 34.8. The van der Waals surface area contributed by atoms with Crippen molar-refractivity contribution >= 4 is 60.9 Å². The number of fused-ring (bicyclic) bond motifs is 9. The number of hydrogen-bond donors (Lipinski definition) is 0. The van der Waals surface area contributed by atoms with Gasteiger partial charge in [0.1, 0.15) is 22.3 Å². The maximum atomic E-state index is 6.50. The predicted molar refractivity (Wildman–Crippen MR) is 264 cm³/mol. The van der Waals surface area contributed by atoms with E-state index < -0.39 is 5.41 Å². The van der Waals surface area contributed by atoms with Crippen LogP contribution in [0, 0.1) is 0 Å². The summed E-state index contributed by atoms with van der Waals surface area (Å²) in [6, 6.07) is 85.4. The second-order valence-corrected chi connectivity index (χ2v) is 16.7. The molecule has 0 unspecified atom stereocenters. The van der Waals surface area contributed by atoms with E-state index in [1.165, 1.54) is 33.4 Å². The first-order valence-corrected chi connectivity index (χ1v) is 21.9. The minimum atomic E-state index is -0.523. The van der Waals surface area contributed by atoms with Crippen molar-refractivity contribution in [2.45, 2.75) is 5.41 Å². The number of benzene rings is 10. The summed E-state index contributed by atoms with van der Waals surface area (Å²) >= 11 is 0. The van der Waals surface area contributed by atoms with Crippen LogP contribution in [0.4, 0.5) is 17.1 Å².